The molecule has 0 aromatic heterocycles. The van der Waals surface area contributed by atoms with Gasteiger partial charge in [-0.15, -0.1) is 0 Å². The maximum absolute atomic E-state index is 14.0. The van der Waals surface area contributed by atoms with Gasteiger partial charge in [-0.05, 0) is 38.1 Å². The lowest BCUT2D eigenvalue weighted by Crippen LogP contribution is -2.29. The van der Waals surface area contributed by atoms with Crippen LogP contribution in [0.2, 0.25) is 0 Å². The van der Waals surface area contributed by atoms with E-state index in [1.165, 1.54) is 12.1 Å². The Morgan fingerprint density at radius 3 is 2.44 bits per heavy atom. The normalized spacial score (nSPS) is 15.4. The summed E-state index contributed by atoms with van der Waals surface area (Å²) in [4.78, 5) is -0.198. The molecule has 0 saturated heterocycles. The minimum Gasteiger partial charge on any atom is -0.317 e. The molecule has 1 aromatic rings. The van der Waals surface area contributed by atoms with E-state index in [1.807, 2.05) is 20.9 Å². The highest BCUT2D eigenvalue weighted by molar-refractivity contribution is 7.89. The molecule has 2 unspecified atom stereocenters. The number of nitrogens with one attached hydrogen (secondary N) is 1. The summed E-state index contributed by atoms with van der Waals surface area (Å²) in [7, 11) is -2.05. The van der Waals surface area contributed by atoms with Crippen molar-refractivity contribution in [2.24, 2.45) is 5.14 Å². The van der Waals surface area contributed by atoms with E-state index in [1.54, 1.807) is 0 Å². The van der Waals surface area contributed by atoms with Crippen molar-refractivity contribution in [1.82, 2.24) is 5.32 Å². The van der Waals surface area contributed by atoms with Gasteiger partial charge in [-0.2, -0.15) is 0 Å². The van der Waals surface area contributed by atoms with E-state index >= 15 is 0 Å². The minimum absolute atomic E-state index is 0.00970. The first kappa shape index (κ1) is 15.1. The Bertz CT molecular complexity index is 517. The lowest BCUT2D eigenvalue weighted by atomic mass is 9.90. The standard InChI is InChI=1S/C12H19FN2O2S/c1-4-10(8(2)15-3)11-6-5-9(7-12(11)13)18(14,16)17/h5-8,10,15H,4H2,1-3H3,(H2,14,16,17). The molecule has 18 heavy (non-hydrogen) atoms. The third kappa shape index (κ3) is 3.28. The fraction of sp³-hybridized carbons (Fsp3) is 0.500. The minimum atomic E-state index is -3.86. The summed E-state index contributed by atoms with van der Waals surface area (Å²) in [6, 6.07) is 3.93. The fourth-order valence-electron chi connectivity index (χ4n) is 2.03. The second kappa shape index (κ2) is 5.77. The van der Waals surface area contributed by atoms with Gasteiger partial charge in [0.25, 0.3) is 0 Å². The number of likely N-dealkylation sites (N-methyl/N-ethyl adjacent to an activating group) is 1. The van der Waals surface area contributed by atoms with E-state index in [9.17, 15) is 12.8 Å². The molecule has 1 aromatic carbocycles. The van der Waals surface area contributed by atoms with Crippen LogP contribution in [0.3, 0.4) is 0 Å². The van der Waals surface area contributed by atoms with E-state index < -0.39 is 15.8 Å². The van der Waals surface area contributed by atoms with E-state index in [0.29, 0.717) is 5.56 Å². The topological polar surface area (TPSA) is 72.2 Å². The van der Waals surface area contributed by atoms with Crippen LogP contribution < -0.4 is 10.5 Å². The summed E-state index contributed by atoms with van der Waals surface area (Å²) in [6.07, 6.45) is 0.758. The van der Waals surface area contributed by atoms with Gasteiger partial charge in [-0.3, -0.25) is 0 Å². The van der Waals surface area contributed by atoms with E-state index in [0.717, 1.165) is 12.5 Å². The number of benzene rings is 1. The number of primary sulfonamides is 1. The first-order valence-corrected chi connectivity index (χ1v) is 7.35. The number of hydrogen-bond donors (Lipinski definition) is 2. The second-order valence-electron chi connectivity index (χ2n) is 4.32. The van der Waals surface area contributed by atoms with Crippen molar-refractivity contribution in [2.45, 2.75) is 37.1 Å². The molecule has 2 atom stereocenters. The summed E-state index contributed by atoms with van der Waals surface area (Å²) in [5.41, 5.74) is 0.506. The molecule has 0 radical (unpaired) electrons. The molecule has 1 rings (SSSR count). The molecular formula is C12H19FN2O2S. The lowest BCUT2D eigenvalue weighted by molar-refractivity contribution is 0.461. The summed E-state index contributed by atoms with van der Waals surface area (Å²) in [5, 5.41) is 8.04. The Morgan fingerprint density at radius 2 is 2.06 bits per heavy atom. The molecule has 0 heterocycles. The second-order valence-corrected chi connectivity index (χ2v) is 5.88. The van der Waals surface area contributed by atoms with Gasteiger partial charge in [-0.25, -0.2) is 17.9 Å². The van der Waals surface area contributed by atoms with Crippen LogP contribution in [0, 0.1) is 5.82 Å². The van der Waals surface area contributed by atoms with E-state index in [2.05, 4.69) is 5.32 Å². The third-order valence-electron chi connectivity index (χ3n) is 3.20. The number of halogens is 1. The van der Waals surface area contributed by atoms with Gasteiger partial charge in [0, 0.05) is 12.0 Å². The molecule has 0 aliphatic heterocycles. The molecule has 3 N–H and O–H groups in total. The van der Waals surface area contributed by atoms with Crippen molar-refractivity contribution in [2.75, 3.05) is 7.05 Å². The highest BCUT2D eigenvalue weighted by Gasteiger charge is 2.21. The van der Waals surface area contributed by atoms with Crippen LogP contribution in [0.4, 0.5) is 4.39 Å². The van der Waals surface area contributed by atoms with Gasteiger partial charge in [0.05, 0.1) is 4.90 Å². The van der Waals surface area contributed by atoms with Gasteiger partial charge < -0.3 is 5.32 Å². The Balaban J connectivity index is 3.20. The molecule has 102 valence electrons. The predicted molar refractivity (Wildman–Crippen MR) is 69.3 cm³/mol. The molecule has 0 bridgehead atoms. The average Bonchev–Trinajstić information content (AvgIpc) is 2.30. The summed E-state index contributed by atoms with van der Waals surface area (Å²) < 4.78 is 36.2. The monoisotopic (exact) mass is 274 g/mol. The number of hydrogen-bond acceptors (Lipinski definition) is 3. The Kier molecular flexibility index (Phi) is 4.84. The smallest absolute Gasteiger partial charge is 0.238 e. The Morgan fingerprint density at radius 1 is 1.44 bits per heavy atom. The molecule has 6 heteroatoms. The summed E-state index contributed by atoms with van der Waals surface area (Å²) >= 11 is 0. The maximum Gasteiger partial charge on any atom is 0.238 e. The Labute approximate surface area is 107 Å². The van der Waals surface area contributed by atoms with Crippen LogP contribution in [-0.2, 0) is 10.0 Å². The van der Waals surface area contributed by atoms with Crippen LogP contribution in [0.5, 0.6) is 0 Å². The van der Waals surface area contributed by atoms with Crippen LogP contribution in [-0.4, -0.2) is 21.5 Å². The SMILES string of the molecule is CCC(c1ccc(S(N)(=O)=O)cc1F)C(C)NC. The Hall–Kier alpha value is -0.980. The number of rotatable bonds is 5. The molecule has 0 saturated carbocycles. The fourth-order valence-corrected chi connectivity index (χ4v) is 2.55. The van der Waals surface area contributed by atoms with Gasteiger partial charge in [0.2, 0.25) is 10.0 Å². The number of nitrogens with two attached hydrogens (primary N) is 1. The van der Waals surface area contributed by atoms with Crippen LogP contribution in [0.1, 0.15) is 31.7 Å². The van der Waals surface area contributed by atoms with E-state index in [-0.39, 0.29) is 16.9 Å². The molecule has 0 aliphatic rings. The largest absolute Gasteiger partial charge is 0.317 e. The molecule has 0 aliphatic carbocycles. The highest BCUT2D eigenvalue weighted by atomic mass is 32.2. The zero-order valence-corrected chi connectivity index (χ0v) is 11.6. The molecule has 0 amide bonds. The number of sulfonamides is 1. The van der Waals surface area contributed by atoms with Crippen molar-refractivity contribution in [3.8, 4) is 0 Å². The first-order chi connectivity index (χ1) is 8.31. The van der Waals surface area contributed by atoms with E-state index in [4.69, 9.17) is 5.14 Å². The molecule has 0 fully saturated rings. The van der Waals surface area contributed by atoms with Gasteiger partial charge in [-0.1, -0.05) is 13.0 Å². The van der Waals surface area contributed by atoms with Crippen molar-refractivity contribution in [3.05, 3.63) is 29.6 Å². The quantitative estimate of drug-likeness (QED) is 0.856. The maximum atomic E-state index is 14.0. The van der Waals surface area contributed by atoms with Crippen molar-refractivity contribution in [3.63, 3.8) is 0 Å². The lowest BCUT2D eigenvalue weighted by Gasteiger charge is -2.23. The molecule has 0 spiro atoms. The van der Waals surface area contributed by atoms with Gasteiger partial charge in [0.1, 0.15) is 5.82 Å². The van der Waals surface area contributed by atoms with Gasteiger partial charge in [0.15, 0.2) is 0 Å². The van der Waals surface area contributed by atoms with Gasteiger partial charge >= 0.3 is 0 Å². The first-order valence-electron chi connectivity index (χ1n) is 5.80. The highest BCUT2D eigenvalue weighted by Crippen LogP contribution is 2.27. The molecule has 4 nitrogen and oxygen atoms in total. The summed E-state index contributed by atoms with van der Waals surface area (Å²) in [6.45, 7) is 3.92. The molecular weight excluding hydrogens is 255 g/mol. The van der Waals surface area contributed by atoms with Crippen molar-refractivity contribution < 1.29 is 12.8 Å². The van der Waals surface area contributed by atoms with Crippen molar-refractivity contribution >= 4 is 10.0 Å². The van der Waals surface area contributed by atoms with Crippen LogP contribution in [0.25, 0.3) is 0 Å². The average molecular weight is 274 g/mol. The summed E-state index contributed by atoms with van der Waals surface area (Å²) in [5.74, 6) is -0.542. The third-order valence-corrected chi connectivity index (χ3v) is 4.11. The zero-order valence-electron chi connectivity index (χ0n) is 10.8. The van der Waals surface area contributed by atoms with Crippen molar-refractivity contribution in [1.29, 1.82) is 0 Å². The van der Waals surface area contributed by atoms with Crippen LogP contribution >= 0.6 is 0 Å². The predicted octanol–water partition coefficient (Wildman–Crippen LogP) is 1.57. The zero-order chi connectivity index (χ0) is 13.9. The van der Waals surface area contributed by atoms with Crippen LogP contribution in [0.15, 0.2) is 23.1 Å².